The van der Waals surface area contributed by atoms with Gasteiger partial charge in [0.05, 0.1) is 35.1 Å². The summed E-state index contributed by atoms with van der Waals surface area (Å²) in [5.41, 5.74) is 0.766. The van der Waals surface area contributed by atoms with Gasteiger partial charge in [0, 0.05) is 38.9 Å². The minimum Gasteiger partial charge on any atom is -0.390 e. The fourth-order valence-electron chi connectivity index (χ4n) is 2.38. The third-order valence-corrected chi connectivity index (χ3v) is 3.93. The molecule has 7 heteroatoms. The van der Waals surface area contributed by atoms with Crippen molar-refractivity contribution in [2.75, 3.05) is 46.4 Å². The summed E-state index contributed by atoms with van der Waals surface area (Å²) in [7, 11) is 1.94. The van der Waals surface area contributed by atoms with Gasteiger partial charge < -0.3 is 9.84 Å². The summed E-state index contributed by atoms with van der Waals surface area (Å²) in [5.74, 6) is 0. The summed E-state index contributed by atoms with van der Waals surface area (Å²) in [6.45, 7) is 5.06. The van der Waals surface area contributed by atoms with Crippen LogP contribution >= 0.6 is 23.2 Å². The van der Waals surface area contributed by atoms with E-state index in [4.69, 9.17) is 27.9 Å². The molecule has 2 rings (SSSR count). The van der Waals surface area contributed by atoms with Gasteiger partial charge in [0.1, 0.15) is 0 Å². The Morgan fingerprint density at radius 2 is 2.14 bits per heavy atom. The first-order valence-corrected chi connectivity index (χ1v) is 7.77. The van der Waals surface area contributed by atoms with Crippen molar-refractivity contribution in [3.05, 3.63) is 28.0 Å². The smallest absolute Gasteiger partial charge is 0.0793 e. The maximum atomic E-state index is 10.2. The minimum atomic E-state index is -0.404. The molecule has 1 aliphatic heterocycles. The third-order valence-electron chi connectivity index (χ3n) is 3.40. The van der Waals surface area contributed by atoms with Gasteiger partial charge in [0.2, 0.25) is 0 Å². The minimum absolute atomic E-state index is 0.404. The third kappa shape index (κ3) is 5.70. The summed E-state index contributed by atoms with van der Waals surface area (Å²) in [6, 6.07) is 1.68. The Bertz CT molecular complexity index is 456. The molecule has 1 aromatic rings. The van der Waals surface area contributed by atoms with Crippen LogP contribution in [0.2, 0.25) is 10.0 Å². The zero-order valence-corrected chi connectivity index (χ0v) is 13.6. The predicted octanol–water partition coefficient (Wildman–Crippen LogP) is 1.51. The standard InChI is InChI=1S/C14H21Cl2N3O2/c1-18(10-14-13(16)6-11(15)7-17-14)8-12(20)9-19-2-4-21-5-3-19/h6-7,12,20H,2-5,8-10H2,1H3. The van der Waals surface area contributed by atoms with Crippen LogP contribution in [0.15, 0.2) is 12.3 Å². The molecule has 0 aliphatic carbocycles. The van der Waals surface area contributed by atoms with Gasteiger partial charge in [0.15, 0.2) is 0 Å². The van der Waals surface area contributed by atoms with Crippen molar-refractivity contribution in [3.8, 4) is 0 Å². The van der Waals surface area contributed by atoms with Crippen LogP contribution in [0.1, 0.15) is 5.69 Å². The van der Waals surface area contributed by atoms with Gasteiger partial charge in [-0.25, -0.2) is 0 Å². The molecule has 5 nitrogen and oxygen atoms in total. The van der Waals surface area contributed by atoms with E-state index in [1.165, 1.54) is 0 Å². The zero-order chi connectivity index (χ0) is 15.2. The molecule has 1 unspecified atom stereocenters. The van der Waals surface area contributed by atoms with E-state index in [0.717, 1.165) is 32.0 Å². The number of hydrogen-bond donors (Lipinski definition) is 1. The molecule has 2 heterocycles. The molecular formula is C14H21Cl2N3O2. The number of aliphatic hydroxyl groups excluding tert-OH is 1. The first kappa shape index (κ1) is 16.9. The van der Waals surface area contributed by atoms with Crippen LogP contribution < -0.4 is 0 Å². The molecule has 0 amide bonds. The van der Waals surface area contributed by atoms with Crippen LogP contribution in [0.4, 0.5) is 0 Å². The highest BCUT2D eigenvalue weighted by molar-refractivity contribution is 6.34. The quantitative estimate of drug-likeness (QED) is 0.855. The van der Waals surface area contributed by atoms with E-state index in [0.29, 0.717) is 29.7 Å². The molecule has 0 aromatic carbocycles. The molecule has 1 aliphatic rings. The number of halogens is 2. The zero-order valence-electron chi connectivity index (χ0n) is 12.1. The lowest BCUT2D eigenvalue weighted by Gasteiger charge is -2.30. The fraction of sp³-hybridized carbons (Fsp3) is 0.643. The number of hydrogen-bond acceptors (Lipinski definition) is 5. The van der Waals surface area contributed by atoms with Crippen molar-refractivity contribution in [1.82, 2.24) is 14.8 Å². The van der Waals surface area contributed by atoms with Gasteiger partial charge in [0.25, 0.3) is 0 Å². The average Bonchev–Trinajstić information content (AvgIpc) is 2.43. The van der Waals surface area contributed by atoms with Crippen molar-refractivity contribution >= 4 is 23.2 Å². The summed E-state index contributed by atoms with van der Waals surface area (Å²) >= 11 is 11.9. The maximum absolute atomic E-state index is 10.2. The monoisotopic (exact) mass is 333 g/mol. The van der Waals surface area contributed by atoms with E-state index < -0.39 is 6.10 Å². The Hall–Kier alpha value is -0.430. The lowest BCUT2D eigenvalue weighted by molar-refractivity contribution is 0.00819. The van der Waals surface area contributed by atoms with Gasteiger partial charge in [-0.2, -0.15) is 0 Å². The maximum Gasteiger partial charge on any atom is 0.0793 e. The second-order valence-corrected chi connectivity index (χ2v) is 6.19. The predicted molar refractivity (Wildman–Crippen MR) is 83.9 cm³/mol. The van der Waals surface area contributed by atoms with Gasteiger partial charge >= 0.3 is 0 Å². The molecule has 0 spiro atoms. The second-order valence-electron chi connectivity index (χ2n) is 5.35. The van der Waals surface area contributed by atoms with E-state index in [1.807, 2.05) is 11.9 Å². The Kier molecular flexibility index (Phi) is 6.67. The highest BCUT2D eigenvalue weighted by Gasteiger charge is 2.17. The summed E-state index contributed by atoms with van der Waals surface area (Å²) in [5, 5.41) is 11.2. The molecule has 1 N–H and O–H groups in total. The Morgan fingerprint density at radius 3 is 2.81 bits per heavy atom. The van der Waals surface area contributed by atoms with Crippen molar-refractivity contribution in [1.29, 1.82) is 0 Å². The first-order chi connectivity index (χ1) is 10.0. The molecule has 118 valence electrons. The molecule has 0 bridgehead atoms. The van der Waals surface area contributed by atoms with E-state index in [2.05, 4.69) is 9.88 Å². The van der Waals surface area contributed by atoms with Gasteiger partial charge in [-0.3, -0.25) is 14.8 Å². The number of pyridine rings is 1. The van der Waals surface area contributed by atoms with E-state index >= 15 is 0 Å². The lowest BCUT2D eigenvalue weighted by atomic mass is 10.2. The van der Waals surface area contributed by atoms with Crippen LogP contribution in [0, 0.1) is 0 Å². The fourth-order valence-corrected chi connectivity index (χ4v) is 2.82. The SMILES string of the molecule is CN(Cc1ncc(Cl)cc1Cl)CC(O)CN1CCOCC1. The molecule has 21 heavy (non-hydrogen) atoms. The number of rotatable bonds is 6. The molecule has 0 radical (unpaired) electrons. The van der Waals surface area contributed by atoms with Crippen LogP contribution in [0.3, 0.4) is 0 Å². The number of nitrogens with zero attached hydrogens (tertiary/aromatic N) is 3. The molecular weight excluding hydrogens is 313 g/mol. The number of likely N-dealkylation sites (N-methyl/N-ethyl adjacent to an activating group) is 1. The van der Waals surface area contributed by atoms with Crippen LogP contribution in [-0.2, 0) is 11.3 Å². The lowest BCUT2D eigenvalue weighted by Crippen LogP contribution is -2.44. The molecule has 1 atom stereocenters. The largest absolute Gasteiger partial charge is 0.390 e. The van der Waals surface area contributed by atoms with E-state index in [-0.39, 0.29) is 0 Å². The average molecular weight is 334 g/mol. The van der Waals surface area contributed by atoms with E-state index in [1.54, 1.807) is 12.3 Å². The summed E-state index contributed by atoms with van der Waals surface area (Å²) in [6.07, 6.45) is 1.18. The van der Waals surface area contributed by atoms with Crippen LogP contribution in [0.5, 0.6) is 0 Å². The summed E-state index contributed by atoms with van der Waals surface area (Å²) in [4.78, 5) is 8.45. The number of morpholine rings is 1. The van der Waals surface area contributed by atoms with Crippen molar-refractivity contribution in [3.63, 3.8) is 0 Å². The van der Waals surface area contributed by atoms with Crippen molar-refractivity contribution in [2.45, 2.75) is 12.6 Å². The van der Waals surface area contributed by atoms with Gasteiger partial charge in [-0.1, -0.05) is 23.2 Å². The Morgan fingerprint density at radius 1 is 1.43 bits per heavy atom. The highest BCUT2D eigenvalue weighted by Crippen LogP contribution is 2.19. The topological polar surface area (TPSA) is 48.8 Å². The number of ether oxygens (including phenoxy) is 1. The number of aliphatic hydroxyl groups is 1. The Balaban J connectivity index is 1.78. The normalized spacial score (nSPS) is 18.1. The van der Waals surface area contributed by atoms with Crippen molar-refractivity contribution in [2.24, 2.45) is 0 Å². The van der Waals surface area contributed by atoms with Crippen LogP contribution in [0.25, 0.3) is 0 Å². The number of β-amino-alcohol motifs (C(OH)–C–C–N with tert-alkyl or cyclic N) is 1. The highest BCUT2D eigenvalue weighted by atomic mass is 35.5. The number of aromatic nitrogens is 1. The molecule has 1 saturated heterocycles. The Labute approximate surface area is 135 Å². The van der Waals surface area contributed by atoms with Gasteiger partial charge in [-0.05, 0) is 13.1 Å². The van der Waals surface area contributed by atoms with Crippen molar-refractivity contribution < 1.29 is 9.84 Å². The van der Waals surface area contributed by atoms with Crippen LogP contribution in [-0.4, -0.2) is 72.4 Å². The van der Waals surface area contributed by atoms with Gasteiger partial charge in [-0.15, -0.1) is 0 Å². The molecule has 1 aromatic heterocycles. The van der Waals surface area contributed by atoms with E-state index in [9.17, 15) is 5.11 Å². The first-order valence-electron chi connectivity index (χ1n) is 7.01. The molecule has 1 fully saturated rings. The second kappa shape index (κ2) is 8.27. The molecule has 0 saturated carbocycles. The summed E-state index contributed by atoms with van der Waals surface area (Å²) < 4.78 is 5.30.